The summed E-state index contributed by atoms with van der Waals surface area (Å²) < 4.78 is 5.23. The lowest BCUT2D eigenvalue weighted by atomic mass is 10.2. The average Bonchev–Trinajstić information content (AvgIpc) is 1.98. The summed E-state index contributed by atoms with van der Waals surface area (Å²) in [5.74, 6) is 0.796. The van der Waals surface area contributed by atoms with Crippen molar-refractivity contribution in [1.82, 2.24) is 0 Å². The predicted octanol–water partition coefficient (Wildman–Crippen LogP) is 2.92. The van der Waals surface area contributed by atoms with Gasteiger partial charge in [-0.1, -0.05) is 17.7 Å². The Kier molecular flexibility index (Phi) is 2.77. The van der Waals surface area contributed by atoms with Gasteiger partial charge in [-0.05, 0) is 31.5 Å². The molecule has 0 heterocycles. The van der Waals surface area contributed by atoms with Gasteiger partial charge in [0.15, 0.2) is 0 Å². The lowest BCUT2D eigenvalue weighted by molar-refractivity contribution is 0.340. The van der Waals surface area contributed by atoms with Crippen LogP contribution < -0.4 is 4.74 Å². The molecule has 59 valence electrons. The molecule has 0 aliphatic carbocycles. The topological polar surface area (TPSA) is 9.23 Å². The van der Waals surface area contributed by atoms with E-state index in [1.807, 2.05) is 19.1 Å². The molecule has 11 heavy (non-hydrogen) atoms. The van der Waals surface area contributed by atoms with E-state index in [1.54, 1.807) is 6.07 Å². The highest BCUT2D eigenvalue weighted by molar-refractivity contribution is 6.31. The lowest BCUT2D eigenvalue weighted by Crippen LogP contribution is -1.90. The first-order valence-electron chi connectivity index (χ1n) is 3.48. The van der Waals surface area contributed by atoms with E-state index < -0.39 is 0 Å². The fourth-order valence-corrected chi connectivity index (χ4v) is 0.955. The van der Waals surface area contributed by atoms with Gasteiger partial charge in [-0.15, -0.1) is 0 Å². The molecule has 0 aliphatic heterocycles. The van der Waals surface area contributed by atoms with E-state index in [0.717, 1.165) is 11.3 Å². The van der Waals surface area contributed by atoms with Gasteiger partial charge in [0.05, 0.1) is 6.61 Å². The molecule has 0 spiro atoms. The second-order valence-electron chi connectivity index (χ2n) is 2.19. The second-order valence-corrected chi connectivity index (χ2v) is 2.59. The van der Waals surface area contributed by atoms with E-state index in [1.165, 1.54) is 0 Å². The zero-order chi connectivity index (χ0) is 8.27. The zero-order valence-corrected chi connectivity index (χ0v) is 7.19. The third-order valence-corrected chi connectivity index (χ3v) is 1.69. The average molecular weight is 170 g/mol. The molecule has 1 radical (unpaired) electrons. The van der Waals surface area contributed by atoms with Gasteiger partial charge in [-0.3, -0.25) is 0 Å². The quantitative estimate of drug-likeness (QED) is 0.662. The Morgan fingerprint density at radius 1 is 1.55 bits per heavy atom. The molecule has 0 saturated heterocycles. The Morgan fingerprint density at radius 3 is 2.82 bits per heavy atom. The molecule has 0 N–H and O–H groups in total. The van der Waals surface area contributed by atoms with Gasteiger partial charge in [0.25, 0.3) is 0 Å². The van der Waals surface area contributed by atoms with Crippen LogP contribution in [-0.4, -0.2) is 6.61 Å². The van der Waals surface area contributed by atoms with Crippen molar-refractivity contribution in [2.75, 3.05) is 6.61 Å². The van der Waals surface area contributed by atoms with E-state index in [0.29, 0.717) is 11.6 Å². The molecule has 0 fully saturated rings. The van der Waals surface area contributed by atoms with E-state index >= 15 is 0 Å². The highest BCUT2D eigenvalue weighted by Gasteiger charge is 1.96. The van der Waals surface area contributed by atoms with Gasteiger partial charge in [0, 0.05) is 5.02 Å². The molecule has 0 atom stereocenters. The largest absolute Gasteiger partial charge is 0.494 e. The van der Waals surface area contributed by atoms with Crippen LogP contribution in [0.2, 0.25) is 5.02 Å². The number of rotatable bonds is 2. The van der Waals surface area contributed by atoms with Crippen molar-refractivity contribution in [2.45, 2.75) is 6.92 Å². The normalized spacial score (nSPS) is 9.73. The van der Waals surface area contributed by atoms with Gasteiger partial charge in [-0.2, -0.15) is 0 Å². The molecule has 2 heteroatoms. The molecule has 0 bridgehead atoms. The molecular formula is C9H10ClO. The summed E-state index contributed by atoms with van der Waals surface area (Å²) in [7, 11) is 0. The smallest absolute Gasteiger partial charge is 0.120 e. The Labute approximate surface area is 71.9 Å². The van der Waals surface area contributed by atoms with Crippen LogP contribution in [0.5, 0.6) is 5.75 Å². The first-order valence-corrected chi connectivity index (χ1v) is 3.86. The summed E-state index contributed by atoms with van der Waals surface area (Å²) in [5, 5.41) is 0.649. The maximum absolute atomic E-state index is 5.81. The summed E-state index contributed by atoms with van der Waals surface area (Å²) in [6.07, 6.45) is 0. The lowest BCUT2D eigenvalue weighted by Gasteiger charge is -2.03. The minimum atomic E-state index is 0.649. The van der Waals surface area contributed by atoms with Crippen LogP contribution in [0.15, 0.2) is 18.2 Å². The van der Waals surface area contributed by atoms with Gasteiger partial charge < -0.3 is 4.74 Å². The fourth-order valence-electron chi connectivity index (χ4n) is 0.784. The van der Waals surface area contributed by atoms with Crippen LogP contribution >= 0.6 is 11.6 Å². The Morgan fingerprint density at radius 2 is 2.27 bits per heavy atom. The monoisotopic (exact) mass is 169 g/mol. The van der Waals surface area contributed by atoms with Crippen LogP contribution in [0.1, 0.15) is 12.5 Å². The summed E-state index contributed by atoms with van der Waals surface area (Å²) in [4.78, 5) is 0. The third kappa shape index (κ3) is 2.12. The van der Waals surface area contributed by atoms with E-state index in [2.05, 4.69) is 6.92 Å². The number of hydrogen-bond acceptors (Lipinski definition) is 1. The SMILES string of the molecule is [CH2]c1ccc(OCC)cc1Cl. The number of benzene rings is 1. The van der Waals surface area contributed by atoms with Crippen molar-refractivity contribution in [2.24, 2.45) is 0 Å². The van der Waals surface area contributed by atoms with E-state index in [9.17, 15) is 0 Å². The Hall–Kier alpha value is -0.690. The Bertz CT molecular complexity index is 245. The second kappa shape index (κ2) is 3.63. The van der Waals surface area contributed by atoms with Gasteiger partial charge in [0.2, 0.25) is 0 Å². The summed E-state index contributed by atoms with van der Waals surface area (Å²) in [6, 6.07) is 5.47. The van der Waals surface area contributed by atoms with Crippen LogP contribution in [0.3, 0.4) is 0 Å². The maximum Gasteiger partial charge on any atom is 0.120 e. The summed E-state index contributed by atoms with van der Waals surface area (Å²) in [6.45, 7) is 6.33. The molecule has 0 amide bonds. The Balaban J connectivity index is 2.86. The van der Waals surface area contributed by atoms with Crippen LogP contribution in [0, 0.1) is 6.92 Å². The van der Waals surface area contributed by atoms with E-state index in [-0.39, 0.29) is 0 Å². The summed E-state index contributed by atoms with van der Waals surface area (Å²) >= 11 is 5.81. The molecule has 1 rings (SSSR count). The number of ether oxygens (including phenoxy) is 1. The molecular weight excluding hydrogens is 160 g/mol. The molecule has 0 aromatic heterocycles. The van der Waals surface area contributed by atoms with Crippen molar-refractivity contribution < 1.29 is 4.74 Å². The highest BCUT2D eigenvalue weighted by atomic mass is 35.5. The van der Waals surface area contributed by atoms with Crippen LogP contribution in [-0.2, 0) is 0 Å². The zero-order valence-electron chi connectivity index (χ0n) is 6.43. The first-order chi connectivity index (χ1) is 5.24. The fraction of sp³-hybridized carbons (Fsp3) is 0.222. The predicted molar refractivity (Wildman–Crippen MR) is 47.1 cm³/mol. The highest BCUT2D eigenvalue weighted by Crippen LogP contribution is 2.21. The van der Waals surface area contributed by atoms with E-state index in [4.69, 9.17) is 16.3 Å². The minimum absolute atomic E-state index is 0.649. The van der Waals surface area contributed by atoms with Crippen LogP contribution in [0.4, 0.5) is 0 Å². The third-order valence-electron chi connectivity index (χ3n) is 1.34. The van der Waals surface area contributed by atoms with Crippen molar-refractivity contribution in [1.29, 1.82) is 0 Å². The van der Waals surface area contributed by atoms with Crippen molar-refractivity contribution in [3.8, 4) is 5.75 Å². The first kappa shape index (κ1) is 8.41. The van der Waals surface area contributed by atoms with Gasteiger partial charge >= 0.3 is 0 Å². The van der Waals surface area contributed by atoms with Crippen molar-refractivity contribution in [3.05, 3.63) is 35.7 Å². The maximum atomic E-state index is 5.81. The van der Waals surface area contributed by atoms with Crippen molar-refractivity contribution in [3.63, 3.8) is 0 Å². The van der Waals surface area contributed by atoms with Crippen LogP contribution in [0.25, 0.3) is 0 Å². The summed E-state index contributed by atoms with van der Waals surface area (Å²) in [5.41, 5.74) is 0.829. The molecule has 1 nitrogen and oxygen atoms in total. The number of halogens is 1. The van der Waals surface area contributed by atoms with Gasteiger partial charge in [0.1, 0.15) is 5.75 Å². The molecule has 1 aromatic rings. The minimum Gasteiger partial charge on any atom is -0.494 e. The van der Waals surface area contributed by atoms with Crippen molar-refractivity contribution >= 4 is 11.6 Å². The molecule has 0 unspecified atom stereocenters. The molecule has 0 saturated carbocycles. The van der Waals surface area contributed by atoms with Gasteiger partial charge in [-0.25, -0.2) is 0 Å². The molecule has 1 aromatic carbocycles. The standard InChI is InChI=1S/C9H10ClO/c1-3-11-8-5-4-7(2)9(10)6-8/h4-6H,2-3H2,1H3. The molecule has 0 aliphatic rings. The number of hydrogen-bond donors (Lipinski definition) is 0.